The minimum Gasteiger partial charge on any atom is -0.379 e. The molecule has 27 heavy (non-hydrogen) atoms. The summed E-state index contributed by atoms with van der Waals surface area (Å²) in [5, 5.41) is 17.3. The second kappa shape index (κ2) is 12.2. The van der Waals surface area contributed by atoms with Crippen LogP contribution in [0.5, 0.6) is 0 Å². The van der Waals surface area contributed by atoms with Crippen LogP contribution in [-0.4, -0.2) is 68.3 Å². The molecular weight excluding hydrogens is 346 g/mol. The summed E-state index contributed by atoms with van der Waals surface area (Å²) in [5.74, 6) is 0.862. The molecule has 8 nitrogen and oxygen atoms in total. The van der Waals surface area contributed by atoms with Crippen LogP contribution in [-0.2, 0) is 11.2 Å². The number of hydrogen-bond donors (Lipinski definition) is 2. The maximum absolute atomic E-state index is 10.7. The summed E-state index contributed by atoms with van der Waals surface area (Å²) >= 11 is 0. The first-order chi connectivity index (χ1) is 13.2. The van der Waals surface area contributed by atoms with E-state index in [1.165, 1.54) is 0 Å². The molecule has 0 radical (unpaired) electrons. The molecule has 8 heteroatoms. The van der Waals surface area contributed by atoms with Gasteiger partial charge in [0.15, 0.2) is 5.96 Å². The quantitative estimate of drug-likeness (QED) is 0.212. The van der Waals surface area contributed by atoms with Crippen molar-refractivity contribution in [1.82, 2.24) is 15.5 Å². The average molecular weight is 377 g/mol. The fourth-order valence-corrected chi connectivity index (χ4v) is 2.92. The van der Waals surface area contributed by atoms with E-state index in [0.29, 0.717) is 0 Å². The standard InChI is InChI=1S/C19H31N5O3/c1-2-20-19(22-11-12-23-13-15-27-16-14-23)21-10-4-3-5-17-6-8-18(9-7-17)24(25)26/h6-9H,2-5,10-16H2,1H3,(H2,20,21,22). The summed E-state index contributed by atoms with van der Waals surface area (Å²) in [6.45, 7) is 9.17. The molecule has 0 atom stereocenters. The first-order valence-corrected chi connectivity index (χ1v) is 9.74. The van der Waals surface area contributed by atoms with Gasteiger partial charge >= 0.3 is 0 Å². The number of guanidine groups is 1. The molecular formula is C19H31N5O3. The number of ether oxygens (including phenoxy) is 1. The van der Waals surface area contributed by atoms with E-state index >= 15 is 0 Å². The lowest BCUT2D eigenvalue weighted by atomic mass is 10.1. The zero-order valence-corrected chi connectivity index (χ0v) is 16.2. The molecule has 0 unspecified atom stereocenters. The number of benzene rings is 1. The van der Waals surface area contributed by atoms with Crippen LogP contribution in [0.15, 0.2) is 29.3 Å². The van der Waals surface area contributed by atoms with Gasteiger partial charge in [-0.3, -0.25) is 20.0 Å². The van der Waals surface area contributed by atoms with Gasteiger partial charge in [-0.2, -0.15) is 0 Å². The number of nitrogens with zero attached hydrogens (tertiary/aromatic N) is 3. The van der Waals surface area contributed by atoms with Gasteiger partial charge in [-0.05, 0) is 31.7 Å². The summed E-state index contributed by atoms with van der Waals surface area (Å²) in [4.78, 5) is 17.3. The molecule has 1 aliphatic heterocycles. The Kier molecular flexibility index (Phi) is 9.57. The first-order valence-electron chi connectivity index (χ1n) is 9.74. The number of aryl methyl sites for hydroxylation is 1. The van der Waals surface area contributed by atoms with Crippen LogP contribution >= 0.6 is 0 Å². The summed E-state index contributed by atoms with van der Waals surface area (Å²) in [5.41, 5.74) is 1.27. The lowest BCUT2D eigenvalue weighted by Gasteiger charge is -2.26. The highest BCUT2D eigenvalue weighted by Crippen LogP contribution is 2.13. The van der Waals surface area contributed by atoms with E-state index in [9.17, 15) is 10.1 Å². The Morgan fingerprint density at radius 3 is 2.63 bits per heavy atom. The molecule has 0 aromatic heterocycles. The van der Waals surface area contributed by atoms with Crippen LogP contribution in [0.1, 0.15) is 25.3 Å². The molecule has 1 saturated heterocycles. The molecule has 1 fully saturated rings. The molecule has 0 spiro atoms. The Morgan fingerprint density at radius 1 is 1.22 bits per heavy atom. The highest BCUT2D eigenvalue weighted by atomic mass is 16.6. The highest BCUT2D eigenvalue weighted by Gasteiger charge is 2.09. The van der Waals surface area contributed by atoms with Crippen LogP contribution in [0.4, 0.5) is 5.69 Å². The summed E-state index contributed by atoms with van der Waals surface area (Å²) in [7, 11) is 0. The number of non-ortho nitro benzene ring substituents is 1. The molecule has 0 aliphatic carbocycles. The van der Waals surface area contributed by atoms with Crippen molar-refractivity contribution in [2.75, 3.05) is 52.5 Å². The van der Waals surface area contributed by atoms with Gasteiger partial charge in [0.2, 0.25) is 0 Å². The van der Waals surface area contributed by atoms with Gasteiger partial charge in [0, 0.05) is 51.4 Å². The van der Waals surface area contributed by atoms with Crippen LogP contribution < -0.4 is 10.6 Å². The minimum atomic E-state index is -0.368. The summed E-state index contributed by atoms with van der Waals surface area (Å²) in [6, 6.07) is 6.79. The molecule has 150 valence electrons. The second-order valence-corrected chi connectivity index (χ2v) is 6.52. The van der Waals surface area contributed by atoms with Crippen LogP contribution in [0.2, 0.25) is 0 Å². The molecule has 0 amide bonds. The maximum atomic E-state index is 10.7. The van der Waals surface area contributed by atoms with Gasteiger partial charge in [0.25, 0.3) is 5.69 Å². The fourth-order valence-electron chi connectivity index (χ4n) is 2.92. The molecule has 0 saturated carbocycles. The van der Waals surface area contributed by atoms with E-state index in [-0.39, 0.29) is 10.6 Å². The summed E-state index contributed by atoms with van der Waals surface area (Å²) in [6.07, 6.45) is 2.90. The second-order valence-electron chi connectivity index (χ2n) is 6.52. The molecule has 2 N–H and O–H groups in total. The Bertz CT molecular complexity index is 586. The van der Waals surface area contributed by atoms with Gasteiger partial charge in [0.05, 0.1) is 18.1 Å². The van der Waals surface area contributed by atoms with Crippen molar-refractivity contribution in [2.24, 2.45) is 4.99 Å². The number of nitro benzene ring substituents is 1. The van der Waals surface area contributed by atoms with Crippen molar-refractivity contribution in [3.63, 3.8) is 0 Å². The molecule has 1 aromatic rings. The molecule has 2 rings (SSSR count). The number of hydrogen-bond acceptors (Lipinski definition) is 5. The SMILES string of the molecule is CCNC(=NCCCCc1ccc([N+](=O)[O-])cc1)NCCN1CCOCC1. The largest absolute Gasteiger partial charge is 0.379 e. The predicted molar refractivity (Wildman–Crippen MR) is 107 cm³/mol. The Morgan fingerprint density at radius 2 is 1.96 bits per heavy atom. The van der Waals surface area contributed by atoms with Crippen molar-refractivity contribution in [3.05, 3.63) is 39.9 Å². The fraction of sp³-hybridized carbons (Fsp3) is 0.632. The van der Waals surface area contributed by atoms with Gasteiger partial charge in [-0.15, -0.1) is 0 Å². The van der Waals surface area contributed by atoms with Gasteiger partial charge < -0.3 is 15.4 Å². The minimum absolute atomic E-state index is 0.141. The van der Waals surface area contributed by atoms with Crippen LogP contribution in [0, 0.1) is 10.1 Å². The Hall–Kier alpha value is -2.19. The predicted octanol–water partition coefficient (Wildman–Crippen LogP) is 1.80. The van der Waals surface area contributed by atoms with Crippen LogP contribution in [0.25, 0.3) is 0 Å². The number of unbranched alkanes of at least 4 members (excludes halogenated alkanes) is 1. The van der Waals surface area contributed by atoms with Gasteiger partial charge in [-0.1, -0.05) is 12.1 Å². The van der Waals surface area contributed by atoms with E-state index < -0.39 is 0 Å². The topological polar surface area (TPSA) is 92.0 Å². The Labute approximate surface area is 161 Å². The number of rotatable bonds is 10. The van der Waals surface area contributed by atoms with E-state index in [0.717, 1.165) is 83.3 Å². The number of nitro groups is 1. The van der Waals surface area contributed by atoms with Crippen molar-refractivity contribution >= 4 is 11.6 Å². The normalized spacial score (nSPS) is 15.5. The number of morpholine rings is 1. The van der Waals surface area contributed by atoms with Crippen molar-refractivity contribution in [1.29, 1.82) is 0 Å². The maximum Gasteiger partial charge on any atom is 0.269 e. The number of nitrogens with one attached hydrogen (secondary N) is 2. The third kappa shape index (κ3) is 8.36. The lowest BCUT2D eigenvalue weighted by Crippen LogP contribution is -2.44. The van der Waals surface area contributed by atoms with Crippen molar-refractivity contribution < 1.29 is 9.66 Å². The van der Waals surface area contributed by atoms with E-state index in [2.05, 4.69) is 27.4 Å². The van der Waals surface area contributed by atoms with Gasteiger partial charge in [-0.25, -0.2) is 0 Å². The molecule has 1 heterocycles. The van der Waals surface area contributed by atoms with E-state index in [1.807, 2.05) is 12.1 Å². The lowest BCUT2D eigenvalue weighted by molar-refractivity contribution is -0.384. The zero-order valence-electron chi connectivity index (χ0n) is 16.2. The first kappa shape index (κ1) is 21.1. The average Bonchev–Trinajstić information content (AvgIpc) is 2.69. The van der Waals surface area contributed by atoms with Crippen LogP contribution in [0.3, 0.4) is 0 Å². The Balaban J connectivity index is 1.64. The third-order valence-electron chi connectivity index (χ3n) is 4.46. The van der Waals surface area contributed by atoms with Crippen molar-refractivity contribution in [2.45, 2.75) is 26.2 Å². The molecule has 1 aromatic carbocycles. The molecule has 1 aliphatic rings. The van der Waals surface area contributed by atoms with Gasteiger partial charge in [0.1, 0.15) is 0 Å². The smallest absolute Gasteiger partial charge is 0.269 e. The van der Waals surface area contributed by atoms with Crippen molar-refractivity contribution in [3.8, 4) is 0 Å². The highest BCUT2D eigenvalue weighted by molar-refractivity contribution is 5.79. The molecule has 0 bridgehead atoms. The van der Waals surface area contributed by atoms with E-state index in [4.69, 9.17) is 4.74 Å². The number of aliphatic imine (C=N–C) groups is 1. The third-order valence-corrected chi connectivity index (χ3v) is 4.46. The summed E-state index contributed by atoms with van der Waals surface area (Å²) < 4.78 is 5.36. The monoisotopic (exact) mass is 377 g/mol. The zero-order chi connectivity index (χ0) is 19.3. The van der Waals surface area contributed by atoms with E-state index in [1.54, 1.807) is 12.1 Å².